The van der Waals surface area contributed by atoms with E-state index in [2.05, 4.69) is 43.8 Å². The number of nitrogens with one attached hydrogen (secondary N) is 1. The van der Waals surface area contributed by atoms with E-state index in [9.17, 15) is 9.59 Å². The van der Waals surface area contributed by atoms with Crippen LogP contribution in [0.25, 0.3) is 0 Å². The molecule has 3 N–H and O–H groups in total. The summed E-state index contributed by atoms with van der Waals surface area (Å²) in [4.78, 5) is 22.6. The van der Waals surface area contributed by atoms with E-state index in [0.29, 0.717) is 5.56 Å². The molecule has 0 aliphatic carbocycles. The minimum atomic E-state index is -0.678. The zero-order valence-electron chi connectivity index (χ0n) is 8.46. The summed E-state index contributed by atoms with van der Waals surface area (Å²) < 4.78 is 1.62. The lowest BCUT2D eigenvalue weighted by molar-refractivity contribution is -0.119. The second-order valence-electron chi connectivity index (χ2n) is 3.22. The molecule has 0 radical (unpaired) electrons. The number of carbonyl (C=O) groups excluding carboxylic acids is 2. The average Bonchev–Trinajstić information content (AvgIpc) is 2.21. The number of benzene rings is 1. The summed E-state index contributed by atoms with van der Waals surface area (Å²) in [5, 5.41) is 2.52. The van der Waals surface area contributed by atoms with Gasteiger partial charge in [-0.1, -0.05) is 15.9 Å². The minimum absolute atomic E-state index is 0.308. The lowest BCUT2D eigenvalue weighted by atomic mass is 10.2. The molecule has 1 rings (SSSR count). The Balaban J connectivity index is 2.88. The van der Waals surface area contributed by atoms with Gasteiger partial charge in [0.2, 0.25) is 5.91 Å². The quantitative estimate of drug-likeness (QED) is 0.762. The predicted octanol–water partition coefficient (Wildman–Crippen LogP) is 1.66. The molecule has 16 heavy (non-hydrogen) atoms. The molecule has 1 aromatic rings. The Hall–Kier alpha value is -0.630. The molecule has 6 heteroatoms. The highest BCUT2D eigenvalue weighted by atomic mass is 127. The van der Waals surface area contributed by atoms with Gasteiger partial charge in [-0.3, -0.25) is 9.59 Å². The average molecular weight is 397 g/mol. The van der Waals surface area contributed by atoms with E-state index in [1.165, 1.54) is 0 Å². The molecule has 1 atom stereocenters. The van der Waals surface area contributed by atoms with Gasteiger partial charge in [-0.2, -0.15) is 0 Å². The second-order valence-corrected chi connectivity index (χ2v) is 5.30. The van der Waals surface area contributed by atoms with E-state index in [4.69, 9.17) is 5.73 Å². The molecule has 2 amide bonds. The Bertz CT molecular complexity index is 437. The van der Waals surface area contributed by atoms with Crippen molar-refractivity contribution >= 4 is 50.3 Å². The smallest absolute Gasteiger partial charge is 0.253 e. The highest BCUT2D eigenvalue weighted by Gasteiger charge is 2.15. The van der Waals surface area contributed by atoms with Gasteiger partial charge in [0.25, 0.3) is 5.91 Å². The summed E-state index contributed by atoms with van der Waals surface area (Å²) in [6.45, 7) is 1.55. The molecule has 0 aliphatic heterocycles. The summed E-state index contributed by atoms with van der Waals surface area (Å²) in [7, 11) is 0. The normalized spacial score (nSPS) is 11.9. The van der Waals surface area contributed by atoms with Crippen molar-refractivity contribution < 1.29 is 9.59 Å². The first-order valence-corrected chi connectivity index (χ1v) is 6.34. The van der Waals surface area contributed by atoms with Crippen molar-refractivity contribution in [3.8, 4) is 0 Å². The summed E-state index contributed by atoms with van der Waals surface area (Å²) in [6.07, 6.45) is 0. The zero-order chi connectivity index (χ0) is 12.3. The monoisotopic (exact) mass is 396 g/mol. The number of amides is 2. The standard InChI is InChI=1S/C10H10BrIN2O2/c1-5(9(13)15)14-10(16)7-4-6(11)2-3-8(7)12/h2-5H,1H3,(H2,13,15)(H,14,16). The topological polar surface area (TPSA) is 72.2 Å². The fourth-order valence-corrected chi connectivity index (χ4v) is 1.96. The molecule has 0 aromatic heterocycles. The van der Waals surface area contributed by atoms with Crippen LogP contribution in [0.2, 0.25) is 0 Å². The number of nitrogens with two attached hydrogens (primary N) is 1. The maximum atomic E-state index is 11.8. The number of carbonyl (C=O) groups is 2. The van der Waals surface area contributed by atoms with Crippen LogP contribution in [0.1, 0.15) is 17.3 Å². The third-order valence-corrected chi connectivity index (χ3v) is 3.38. The zero-order valence-corrected chi connectivity index (χ0v) is 12.2. The first-order chi connectivity index (χ1) is 7.41. The molecule has 0 bridgehead atoms. The largest absolute Gasteiger partial charge is 0.368 e. The van der Waals surface area contributed by atoms with Gasteiger partial charge in [0.15, 0.2) is 0 Å². The lowest BCUT2D eigenvalue weighted by Crippen LogP contribution is -2.42. The number of rotatable bonds is 3. The number of primary amides is 1. The molecule has 1 aromatic carbocycles. The Morgan fingerprint density at radius 3 is 2.69 bits per heavy atom. The minimum Gasteiger partial charge on any atom is -0.368 e. The Morgan fingerprint density at radius 2 is 2.12 bits per heavy atom. The van der Waals surface area contributed by atoms with Gasteiger partial charge in [0.1, 0.15) is 6.04 Å². The third kappa shape index (κ3) is 3.44. The molecule has 86 valence electrons. The summed E-state index contributed by atoms with van der Waals surface area (Å²) >= 11 is 5.34. The van der Waals surface area contributed by atoms with Crippen LogP contribution in [0, 0.1) is 3.57 Å². The van der Waals surface area contributed by atoms with Gasteiger partial charge in [-0.05, 0) is 47.7 Å². The van der Waals surface area contributed by atoms with Gasteiger partial charge in [-0.15, -0.1) is 0 Å². The van der Waals surface area contributed by atoms with E-state index in [0.717, 1.165) is 8.04 Å². The van der Waals surface area contributed by atoms with E-state index >= 15 is 0 Å². The fraction of sp³-hybridized carbons (Fsp3) is 0.200. The van der Waals surface area contributed by atoms with Crippen LogP contribution in [-0.2, 0) is 4.79 Å². The summed E-state index contributed by atoms with van der Waals surface area (Å²) in [5.74, 6) is -0.865. The maximum Gasteiger partial charge on any atom is 0.253 e. The molecule has 0 aliphatic rings. The molecule has 0 saturated heterocycles. The van der Waals surface area contributed by atoms with E-state index in [1.807, 2.05) is 12.1 Å². The second kappa shape index (κ2) is 5.62. The molecule has 0 saturated carbocycles. The van der Waals surface area contributed by atoms with E-state index < -0.39 is 11.9 Å². The van der Waals surface area contributed by atoms with Crippen LogP contribution in [-0.4, -0.2) is 17.9 Å². The molecule has 0 heterocycles. The van der Waals surface area contributed by atoms with E-state index in [-0.39, 0.29) is 5.91 Å². The summed E-state index contributed by atoms with van der Waals surface area (Å²) in [6, 6.07) is 4.68. The molecular formula is C10H10BrIN2O2. The predicted molar refractivity (Wildman–Crippen MR) is 73.0 cm³/mol. The van der Waals surface area contributed by atoms with Crippen molar-refractivity contribution in [2.45, 2.75) is 13.0 Å². The molecule has 4 nitrogen and oxygen atoms in total. The summed E-state index contributed by atoms with van der Waals surface area (Å²) in [5.41, 5.74) is 5.58. The molecule has 0 fully saturated rings. The van der Waals surface area contributed by atoms with Crippen LogP contribution >= 0.6 is 38.5 Å². The first kappa shape index (κ1) is 13.4. The van der Waals surface area contributed by atoms with Crippen molar-refractivity contribution in [3.63, 3.8) is 0 Å². The Labute approximate surface area is 115 Å². The van der Waals surface area contributed by atoms with Gasteiger partial charge in [0.05, 0.1) is 5.56 Å². The molecule has 0 spiro atoms. The van der Waals surface area contributed by atoms with Crippen LogP contribution in [0.4, 0.5) is 0 Å². The van der Waals surface area contributed by atoms with Crippen molar-refractivity contribution in [1.29, 1.82) is 0 Å². The maximum absolute atomic E-state index is 11.8. The van der Waals surface area contributed by atoms with Crippen molar-refractivity contribution in [3.05, 3.63) is 31.8 Å². The Morgan fingerprint density at radius 1 is 1.50 bits per heavy atom. The van der Waals surface area contributed by atoms with Crippen molar-refractivity contribution in [2.75, 3.05) is 0 Å². The lowest BCUT2D eigenvalue weighted by Gasteiger charge is -2.11. The number of halogens is 2. The van der Waals surface area contributed by atoms with E-state index in [1.54, 1.807) is 13.0 Å². The molecule has 1 unspecified atom stereocenters. The Kier molecular flexibility index (Phi) is 4.72. The molecular weight excluding hydrogens is 387 g/mol. The van der Waals surface area contributed by atoms with Gasteiger partial charge >= 0.3 is 0 Å². The van der Waals surface area contributed by atoms with Crippen molar-refractivity contribution in [1.82, 2.24) is 5.32 Å². The fourth-order valence-electron chi connectivity index (χ4n) is 1.02. The highest BCUT2D eigenvalue weighted by Crippen LogP contribution is 2.18. The van der Waals surface area contributed by atoms with Crippen LogP contribution in [0.3, 0.4) is 0 Å². The van der Waals surface area contributed by atoms with Crippen LogP contribution in [0.5, 0.6) is 0 Å². The van der Waals surface area contributed by atoms with Crippen LogP contribution < -0.4 is 11.1 Å². The number of hydrogen-bond acceptors (Lipinski definition) is 2. The van der Waals surface area contributed by atoms with Gasteiger partial charge < -0.3 is 11.1 Å². The number of hydrogen-bond donors (Lipinski definition) is 2. The third-order valence-electron chi connectivity index (χ3n) is 1.95. The SMILES string of the molecule is CC(NC(=O)c1cc(Br)ccc1I)C(N)=O. The van der Waals surface area contributed by atoms with Crippen molar-refractivity contribution in [2.24, 2.45) is 5.73 Å². The van der Waals surface area contributed by atoms with Gasteiger partial charge in [-0.25, -0.2) is 0 Å². The van der Waals surface area contributed by atoms with Crippen LogP contribution in [0.15, 0.2) is 22.7 Å². The first-order valence-electron chi connectivity index (χ1n) is 4.47. The van der Waals surface area contributed by atoms with Gasteiger partial charge in [0, 0.05) is 8.04 Å². The highest BCUT2D eigenvalue weighted by molar-refractivity contribution is 14.1.